The van der Waals surface area contributed by atoms with Crippen LogP contribution in [0.2, 0.25) is 0 Å². The number of hydrogen-bond acceptors (Lipinski definition) is 3. The van der Waals surface area contributed by atoms with Crippen LogP contribution in [0.5, 0.6) is 0 Å². The molecule has 0 saturated carbocycles. The van der Waals surface area contributed by atoms with E-state index in [4.69, 9.17) is 0 Å². The number of fused-ring (bicyclic) bond motifs is 1. The second kappa shape index (κ2) is 4.40. The molecule has 0 amide bonds. The molecule has 0 spiro atoms. The van der Waals surface area contributed by atoms with E-state index in [1.165, 1.54) is 0 Å². The van der Waals surface area contributed by atoms with Crippen LogP contribution in [0.15, 0.2) is 24.3 Å². The van der Waals surface area contributed by atoms with Crippen LogP contribution in [0, 0.1) is 0 Å². The first kappa shape index (κ1) is 10.1. The van der Waals surface area contributed by atoms with Gasteiger partial charge >= 0.3 is 0 Å². The van der Waals surface area contributed by atoms with Crippen LogP contribution in [0.4, 0.5) is 0 Å². The summed E-state index contributed by atoms with van der Waals surface area (Å²) in [5.74, 6) is 0. The number of aromatic nitrogens is 3. The summed E-state index contributed by atoms with van der Waals surface area (Å²) < 4.78 is 2.01. The Labute approximate surface area is 89.3 Å². The standard InChI is InChI=1S/C11H16N4/c1-3-9(8-12-2)15-11-7-5-4-6-10(11)13-14-15/h4-7,9,12H,3,8H2,1-2H3/t9-/m0/s1. The third kappa shape index (κ3) is 1.85. The summed E-state index contributed by atoms with van der Waals surface area (Å²) in [6, 6.07) is 8.44. The molecule has 1 aromatic carbocycles. The molecule has 4 heteroatoms. The number of nitrogens with zero attached hydrogens (tertiary/aromatic N) is 3. The average molecular weight is 204 g/mol. The van der Waals surface area contributed by atoms with E-state index >= 15 is 0 Å². The lowest BCUT2D eigenvalue weighted by Gasteiger charge is -2.14. The minimum Gasteiger partial charge on any atom is -0.318 e. The number of benzene rings is 1. The predicted molar refractivity (Wildman–Crippen MR) is 60.8 cm³/mol. The van der Waals surface area contributed by atoms with Crippen molar-refractivity contribution in [1.29, 1.82) is 0 Å². The Morgan fingerprint density at radius 1 is 1.40 bits per heavy atom. The second-order valence-electron chi connectivity index (χ2n) is 3.64. The maximum atomic E-state index is 4.21. The zero-order valence-electron chi connectivity index (χ0n) is 9.14. The highest BCUT2D eigenvalue weighted by Crippen LogP contribution is 2.16. The first-order valence-corrected chi connectivity index (χ1v) is 5.31. The van der Waals surface area contributed by atoms with Gasteiger partial charge in [-0.25, -0.2) is 4.68 Å². The highest BCUT2D eigenvalue weighted by molar-refractivity contribution is 5.73. The van der Waals surface area contributed by atoms with Gasteiger partial charge in [-0.05, 0) is 25.6 Å². The number of rotatable bonds is 4. The lowest BCUT2D eigenvalue weighted by Crippen LogP contribution is -2.22. The Bertz CT molecular complexity index is 435. The van der Waals surface area contributed by atoms with Crippen LogP contribution in [-0.2, 0) is 0 Å². The van der Waals surface area contributed by atoms with E-state index in [2.05, 4.69) is 28.6 Å². The van der Waals surface area contributed by atoms with E-state index in [0.717, 1.165) is 24.0 Å². The molecule has 1 atom stereocenters. The van der Waals surface area contributed by atoms with E-state index in [9.17, 15) is 0 Å². The Hall–Kier alpha value is -1.42. The molecule has 1 aromatic heterocycles. The average Bonchev–Trinajstić information content (AvgIpc) is 2.70. The van der Waals surface area contributed by atoms with Gasteiger partial charge < -0.3 is 5.32 Å². The SMILES string of the molecule is CC[C@@H](CNC)n1nnc2ccccc21. The van der Waals surface area contributed by atoms with Gasteiger partial charge in [0.05, 0.1) is 11.6 Å². The van der Waals surface area contributed by atoms with Gasteiger partial charge in [0.15, 0.2) is 0 Å². The maximum Gasteiger partial charge on any atom is 0.113 e. The zero-order valence-corrected chi connectivity index (χ0v) is 9.14. The van der Waals surface area contributed by atoms with Gasteiger partial charge in [0, 0.05) is 6.54 Å². The Balaban J connectivity index is 2.41. The summed E-state index contributed by atoms with van der Waals surface area (Å²) in [4.78, 5) is 0. The van der Waals surface area contributed by atoms with Gasteiger partial charge in [-0.1, -0.05) is 24.3 Å². The molecule has 2 rings (SSSR count). The van der Waals surface area contributed by atoms with E-state index in [-0.39, 0.29) is 0 Å². The third-order valence-electron chi connectivity index (χ3n) is 2.63. The summed E-state index contributed by atoms with van der Waals surface area (Å²) in [5.41, 5.74) is 2.08. The molecule has 1 N–H and O–H groups in total. The van der Waals surface area contributed by atoms with Crippen LogP contribution in [0.1, 0.15) is 19.4 Å². The lowest BCUT2D eigenvalue weighted by molar-refractivity contribution is 0.426. The minimum atomic E-state index is 0.377. The Morgan fingerprint density at radius 3 is 2.93 bits per heavy atom. The first-order valence-electron chi connectivity index (χ1n) is 5.31. The van der Waals surface area contributed by atoms with Gasteiger partial charge in [-0.3, -0.25) is 0 Å². The molecular formula is C11H16N4. The van der Waals surface area contributed by atoms with E-state index in [1.807, 2.05) is 29.9 Å². The third-order valence-corrected chi connectivity index (χ3v) is 2.63. The highest BCUT2D eigenvalue weighted by Gasteiger charge is 2.12. The Kier molecular flexibility index (Phi) is 2.97. The molecule has 4 nitrogen and oxygen atoms in total. The molecule has 0 bridgehead atoms. The smallest absolute Gasteiger partial charge is 0.113 e. The molecule has 0 aliphatic heterocycles. The number of nitrogens with one attached hydrogen (secondary N) is 1. The highest BCUT2D eigenvalue weighted by atomic mass is 15.4. The minimum absolute atomic E-state index is 0.377. The molecule has 0 unspecified atom stereocenters. The van der Waals surface area contributed by atoms with Crippen LogP contribution in [0.3, 0.4) is 0 Å². The fourth-order valence-corrected chi connectivity index (χ4v) is 1.80. The van der Waals surface area contributed by atoms with Crippen molar-refractivity contribution in [2.24, 2.45) is 0 Å². The fourth-order valence-electron chi connectivity index (χ4n) is 1.80. The largest absolute Gasteiger partial charge is 0.318 e. The topological polar surface area (TPSA) is 42.7 Å². The van der Waals surface area contributed by atoms with Gasteiger partial charge in [0.1, 0.15) is 5.52 Å². The van der Waals surface area contributed by atoms with Crippen molar-refractivity contribution >= 4 is 11.0 Å². The van der Waals surface area contributed by atoms with Crippen molar-refractivity contribution in [2.45, 2.75) is 19.4 Å². The normalized spacial score (nSPS) is 13.2. The molecule has 15 heavy (non-hydrogen) atoms. The molecule has 0 fully saturated rings. The van der Waals surface area contributed by atoms with Crippen molar-refractivity contribution in [2.75, 3.05) is 13.6 Å². The monoisotopic (exact) mass is 204 g/mol. The van der Waals surface area contributed by atoms with Crippen molar-refractivity contribution in [1.82, 2.24) is 20.3 Å². The molecular weight excluding hydrogens is 188 g/mol. The van der Waals surface area contributed by atoms with Gasteiger partial charge in [-0.2, -0.15) is 0 Å². The van der Waals surface area contributed by atoms with Crippen LogP contribution >= 0.6 is 0 Å². The van der Waals surface area contributed by atoms with Crippen LogP contribution < -0.4 is 5.32 Å². The van der Waals surface area contributed by atoms with Gasteiger partial charge in [0.25, 0.3) is 0 Å². The summed E-state index contributed by atoms with van der Waals surface area (Å²) in [6.45, 7) is 3.09. The quantitative estimate of drug-likeness (QED) is 0.822. The second-order valence-corrected chi connectivity index (χ2v) is 3.64. The molecule has 0 aliphatic rings. The molecule has 2 aromatic rings. The van der Waals surface area contributed by atoms with E-state index in [0.29, 0.717) is 6.04 Å². The molecule has 1 heterocycles. The van der Waals surface area contributed by atoms with E-state index in [1.54, 1.807) is 0 Å². The van der Waals surface area contributed by atoms with Crippen molar-refractivity contribution < 1.29 is 0 Å². The van der Waals surface area contributed by atoms with Gasteiger partial charge in [-0.15, -0.1) is 5.10 Å². The zero-order chi connectivity index (χ0) is 10.7. The van der Waals surface area contributed by atoms with Crippen LogP contribution in [-0.4, -0.2) is 28.6 Å². The molecule has 0 saturated heterocycles. The summed E-state index contributed by atoms with van der Waals surface area (Å²) in [5, 5.41) is 11.5. The number of likely N-dealkylation sites (N-methyl/N-ethyl adjacent to an activating group) is 1. The van der Waals surface area contributed by atoms with Crippen molar-refractivity contribution in [3.63, 3.8) is 0 Å². The number of hydrogen-bond donors (Lipinski definition) is 1. The van der Waals surface area contributed by atoms with Crippen molar-refractivity contribution in [3.8, 4) is 0 Å². The predicted octanol–water partition coefficient (Wildman–Crippen LogP) is 1.60. The van der Waals surface area contributed by atoms with Crippen LogP contribution in [0.25, 0.3) is 11.0 Å². The summed E-state index contributed by atoms with van der Waals surface area (Å²) >= 11 is 0. The molecule has 0 aliphatic carbocycles. The maximum absolute atomic E-state index is 4.21. The van der Waals surface area contributed by atoms with Gasteiger partial charge in [0.2, 0.25) is 0 Å². The molecule has 0 radical (unpaired) electrons. The van der Waals surface area contributed by atoms with Crippen molar-refractivity contribution in [3.05, 3.63) is 24.3 Å². The Morgan fingerprint density at radius 2 is 2.20 bits per heavy atom. The summed E-state index contributed by atoms with van der Waals surface area (Å²) in [7, 11) is 1.96. The van der Waals surface area contributed by atoms with E-state index < -0.39 is 0 Å². The first-order chi connectivity index (χ1) is 7.36. The molecule has 80 valence electrons. The fraction of sp³-hybridized carbons (Fsp3) is 0.455. The number of para-hydroxylation sites is 1. The lowest BCUT2D eigenvalue weighted by atomic mass is 10.2. The summed E-state index contributed by atoms with van der Waals surface area (Å²) in [6.07, 6.45) is 1.05.